The Morgan fingerprint density at radius 3 is 2.68 bits per heavy atom. The van der Waals surface area contributed by atoms with Crippen molar-refractivity contribution in [2.45, 2.75) is 25.7 Å². The fourth-order valence-corrected chi connectivity index (χ4v) is 2.59. The highest BCUT2D eigenvalue weighted by Gasteiger charge is 1.99. The quantitative estimate of drug-likeness (QED) is 0.613. The number of unbranched alkanes of at least 4 members (excludes halogenated alkanes) is 2. The van der Waals surface area contributed by atoms with Gasteiger partial charge in [-0.3, -0.25) is 4.79 Å². The molecular formula is C19H18O2S. The van der Waals surface area contributed by atoms with Gasteiger partial charge in [-0.2, -0.15) is 11.3 Å². The Hall–Kier alpha value is -2.31. The van der Waals surface area contributed by atoms with Gasteiger partial charge in [-0.1, -0.05) is 48.2 Å². The number of hydrogen-bond acceptors (Lipinski definition) is 2. The Morgan fingerprint density at radius 1 is 1.18 bits per heavy atom. The van der Waals surface area contributed by atoms with Crippen LogP contribution in [-0.2, 0) is 4.79 Å². The monoisotopic (exact) mass is 310 g/mol. The van der Waals surface area contributed by atoms with Crippen LogP contribution in [0.4, 0.5) is 0 Å². The lowest BCUT2D eigenvalue weighted by Crippen LogP contribution is -1.93. The number of rotatable bonds is 6. The predicted molar refractivity (Wildman–Crippen MR) is 91.7 cm³/mol. The van der Waals surface area contributed by atoms with E-state index in [9.17, 15) is 4.79 Å². The Bertz CT molecular complexity index is 673. The average Bonchev–Trinajstić information content (AvgIpc) is 3.04. The van der Waals surface area contributed by atoms with E-state index in [2.05, 4.69) is 17.9 Å². The second-order valence-corrected chi connectivity index (χ2v) is 5.67. The molecule has 2 aromatic rings. The third-order valence-corrected chi connectivity index (χ3v) is 3.82. The van der Waals surface area contributed by atoms with Crippen LogP contribution in [0.3, 0.4) is 0 Å². The first-order chi connectivity index (χ1) is 10.8. The predicted octanol–water partition coefficient (Wildman–Crippen LogP) is 4.83. The van der Waals surface area contributed by atoms with Crippen molar-refractivity contribution in [3.8, 4) is 11.8 Å². The van der Waals surface area contributed by atoms with Gasteiger partial charge in [0.05, 0.1) is 0 Å². The van der Waals surface area contributed by atoms with Gasteiger partial charge in [0, 0.05) is 22.9 Å². The summed E-state index contributed by atoms with van der Waals surface area (Å²) in [6, 6.07) is 12.1. The molecule has 1 aromatic carbocycles. The van der Waals surface area contributed by atoms with Crippen molar-refractivity contribution in [1.29, 1.82) is 0 Å². The fraction of sp³-hybridized carbons (Fsp3) is 0.211. The molecule has 0 aliphatic carbocycles. The molecular weight excluding hydrogens is 292 g/mol. The van der Waals surface area contributed by atoms with Crippen LogP contribution in [0.25, 0.3) is 5.57 Å². The van der Waals surface area contributed by atoms with Crippen molar-refractivity contribution in [1.82, 2.24) is 0 Å². The second-order valence-electron chi connectivity index (χ2n) is 4.89. The van der Waals surface area contributed by atoms with Gasteiger partial charge < -0.3 is 5.11 Å². The molecule has 1 aromatic heterocycles. The van der Waals surface area contributed by atoms with Crippen LogP contribution in [0.5, 0.6) is 0 Å². The van der Waals surface area contributed by atoms with E-state index in [-0.39, 0.29) is 6.42 Å². The lowest BCUT2D eigenvalue weighted by atomic mass is 10.0. The van der Waals surface area contributed by atoms with Crippen molar-refractivity contribution in [2.24, 2.45) is 0 Å². The first-order valence-corrected chi connectivity index (χ1v) is 8.21. The zero-order chi connectivity index (χ0) is 15.6. The molecule has 0 radical (unpaired) electrons. The van der Waals surface area contributed by atoms with Crippen LogP contribution in [0.2, 0.25) is 0 Å². The molecule has 0 saturated carbocycles. The number of aliphatic carboxylic acids is 1. The maximum Gasteiger partial charge on any atom is 0.303 e. The second kappa shape index (κ2) is 8.86. The molecule has 0 amide bonds. The van der Waals surface area contributed by atoms with Gasteiger partial charge in [-0.05, 0) is 36.3 Å². The molecule has 2 nitrogen and oxygen atoms in total. The number of carbonyl (C=O) groups is 1. The maximum absolute atomic E-state index is 10.5. The molecule has 0 fully saturated rings. The zero-order valence-corrected chi connectivity index (χ0v) is 13.1. The van der Waals surface area contributed by atoms with Gasteiger partial charge in [0.2, 0.25) is 0 Å². The highest BCUT2D eigenvalue weighted by Crippen LogP contribution is 2.16. The lowest BCUT2D eigenvalue weighted by Gasteiger charge is -2.01. The summed E-state index contributed by atoms with van der Waals surface area (Å²) in [5.41, 5.74) is 3.13. The molecule has 3 heteroatoms. The summed E-state index contributed by atoms with van der Waals surface area (Å²) in [4.78, 5) is 10.5. The average molecular weight is 310 g/mol. The smallest absolute Gasteiger partial charge is 0.303 e. The maximum atomic E-state index is 10.5. The summed E-state index contributed by atoms with van der Waals surface area (Å²) >= 11 is 1.64. The van der Waals surface area contributed by atoms with Crippen LogP contribution < -0.4 is 0 Å². The lowest BCUT2D eigenvalue weighted by molar-refractivity contribution is -0.137. The van der Waals surface area contributed by atoms with E-state index in [0.717, 1.165) is 29.5 Å². The highest BCUT2D eigenvalue weighted by atomic mass is 32.1. The first-order valence-electron chi connectivity index (χ1n) is 7.27. The number of thiophene rings is 1. The molecule has 22 heavy (non-hydrogen) atoms. The summed E-state index contributed by atoms with van der Waals surface area (Å²) in [6.45, 7) is 0. The number of allylic oxidation sites excluding steroid dienone is 2. The molecule has 0 spiro atoms. The van der Waals surface area contributed by atoms with Crippen molar-refractivity contribution >= 4 is 22.9 Å². The van der Waals surface area contributed by atoms with Crippen LogP contribution in [0, 0.1) is 11.8 Å². The summed E-state index contributed by atoms with van der Waals surface area (Å²) < 4.78 is 0. The van der Waals surface area contributed by atoms with E-state index >= 15 is 0 Å². The third-order valence-electron chi connectivity index (χ3n) is 3.14. The molecule has 2 rings (SSSR count). The largest absolute Gasteiger partial charge is 0.481 e. The summed E-state index contributed by atoms with van der Waals surface area (Å²) in [7, 11) is 0. The molecule has 1 N–H and O–H groups in total. The van der Waals surface area contributed by atoms with Crippen molar-refractivity contribution in [2.75, 3.05) is 0 Å². The Kier molecular flexibility index (Phi) is 6.47. The topological polar surface area (TPSA) is 37.3 Å². The van der Waals surface area contributed by atoms with Crippen LogP contribution in [0.1, 0.15) is 36.8 Å². The molecule has 0 saturated heterocycles. The molecule has 112 valence electrons. The van der Waals surface area contributed by atoms with Crippen LogP contribution in [-0.4, -0.2) is 11.1 Å². The standard InChI is InChI=1S/C19H18O2S/c20-19(21)10-6-2-5-9-18(17-7-3-1-4-8-17)12-11-16-13-14-22-15-16/h1,3-4,7-9,13-15H,2,5-6,10H2,(H,20,21). The van der Waals surface area contributed by atoms with E-state index < -0.39 is 5.97 Å². The summed E-state index contributed by atoms with van der Waals surface area (Å²) in [5.74, 6) is 5.69. The van der Waals surface area contributed by atoms with Crippen molar-refractivity contribution in [3.63, 3.8) is 0 Å². The van der Waals surface area contributed by atoms with Crippen molar-refractivity contribution < 1.29 is 9.90 Å². The third kappa shape index (κ3) is 5.59. The minimum Gasteiger partial charge on any atom is -0.481 e. The zero-order valence-electron chi connectivity index (χ0n) is 12.3. The van der Waals surface area contributed by atoms with Gasteiger partial charge in [0.15, 0.2) is 0 Å². The summed E-state index contributed by atoms with van der Waals surface area (Å²) in [6.07, 6.45) is 4.75. The first kappa shape index (κ1) is 16.1. The highest BCUT2D eigenvalue weighted by molar-refractivity contribution is 7.08. The van der Waals surface area contributed by atoms with E-state index in [1.54, 1.807) is 11.3 Å². The van der Waals surface area contributed by atoms with E-state index in [4.69, 9.17) is 5.11 Å². The molecule has 0 aliphatic heterocycles. The number of carboxylic acid groups (broad SMARTS) is 1. The number of hydrogen-bond donors (Lipinski definition) is 1. The Balaban J connectivity index is 2.06. The molecule has 1 heterocycles. The van der Waals surface area contributed by atoms with E-state index in [0.29, 0.717) is 6.42 Å². The van der Waals surface area contributed by atoms with Crippen LogP contribution in [0.15, 0.2) is 53.2 Å². The number of benzene rings is 1. The molecule has 0 atom stereocenters. The van der Waals surface area contributed by atoms with Gasteiger partial charge >= 0.3 is 5.97 Å². The normalized spacial score (nSPS) is 10.8. The van der Waals surface area contributed by atoms with Crippen LogP contribution >= 0.6 is 11.3 Å². The van der Waals surface area contributed by atoms with E-state index in [1.807, 2.05) is 47.2 Å². The number of carboxylic acids is 1. The molecule has 0 aliphatic rings. The van der Waals surface area contributed by atoms with Crippen molar-refractivity contribution in [3.05, 3.63) is 64.4 Å². The minimum atomic E-state index is -0.732. The molecule has 0 unspecified atom stereocenters. The van der Waals surface area contributed by atoms with E-state index in [1.165, 1.54) is 0 Å². The molecule has 0 bridgehead atoms. The van der Waals surface area contributed by atoms with Gasteiger partial charge in [-0.25, -0.2) is 0 Å². The minimum absolute atomic E-state index is 0.231. The Labute approximate surface area is 135 Å². The van der Waals surface area contributed by atoms with Gasteiger partial charge in [-0.15, -0.1) is 0 Å². The fourth-order valence-electron chi connectivity index (χ4n) is 2.00. The SMILES string of the molecule is O=C(O)CCCCC=C(C#Cc1ccsc1)c1ccccc1. The Morgan fingerprint density at radius 2 is 2.00 bits per heavy atom. The van der Waals surface area contributed by atoms with Gasteiger partial charge in [0.25, 0.3) is 0 Å². The van der Waals surface area contributed by atoms with Gasteiger partial charge in [0.1, 0.15) is 0 Å². The summed E-state index contributed by atoms with van der Waals surface area (Å²) in [5, 5.41) is 12.7.